The topological polar surface area (TPSA) is 21.3 Å². The van der Waals surface area contributed by atoms with Crippen molar-refractivity contribution in [3.63, 3.8) is 0 Å². The van der Waals surface area contributed by atoms with Gasteiger partial charge in [-0.05, 0) is 55.7 Å². The zero-order valence-corrected chi connectivity index (χ0v) is 11.4. The molecular formula is C13H21NOS. The van der Waals surface area contributed by atoms with Crippen LogP contribution in [0.4, 0.5) is 5.69 Å². The number of aryl methyl sites for hydroxylation is 1. The molecule has 0 unspecified atom stereocenters. The average Bonchev–Trinajstić information content (AvgIpc) is 2.28. The van der Waals surface area contributed by atoms with Crippen molar-refractivity contribution >= 4 is 18.3 Å². The van der Waals surface area contributed by atoms with E-state index in [-0.39, 0.29) is 0 Å². The van der Waals surface area contributed by atoms with Gasteiger partial charge in [-0.15, -0.1) is 0 Å². The number of benzene rings is 1. The largest absolute Gasteiger partial charge is 0.496 e. The second-order valence-corrected chi connectivity index (χ2v) is 4.47. The van der Waals surface area contributed by atoms with Crippen LogP contribution in [0.15, 0.2) is 6.07 Å². The van der Waals surface area contributed by atoms with E-state index in [9.17, 15) is 0 Å². The lowest BCUT2D eigenvalue weighted by atomic mass is 10.0. The summed E-state index contributed by atoms with van der Waals surface area (Å²) in [5, 5.41) is 3.47. The maximum atomic E-state index is 5.35. The van der Waals surface area contributed by atoms with Crippen molar-refractivity contribution in [1.29, 1.82) is 0 Å². The predicted octanol–water partition coefficient (Wildman–Crippen LogP) is 3.35. The van der Waals surface area contributed by atoms with Gasteiger partial charge in [0.15, 0.2) is 0 Å². The van der Waals surface area contributed by atoms with Gasteiger partial charge in [-0.3, -0.25) is 0 Å². The summed E-state index contributed by atoms with van der Waals surface area (Å²) >= 11 is 4.21. The molecule has 0 aliphatic heterocycles. The molecule has 0 saturated heterocycles. The van der Waals surface area contributed by atoms with Crippen LogP contribution in [0.25, 0.3) is 0 Å². The molecule has 0 aliphatic carbocycles. The third-order valence-corrected chi connectivity index (χ3v) is 3.22. The molecule has 0 aromatic heterocycles. The van der Waals surface area contributed by atoms with Gasteiger partial charge in [-0.25, -0.2) is 0 Å². The fraction of sp³-hybridized carbons (Fsp3) is 0.538. The molecule has 16 heavy (non-hydrogen) atoms. The summed E-state index contributed by atoms with van der Waals surface area (Å²) in [6, 6.07) is 2.09. The molecule has 1 N–H and O–H groups in total. The molecule has 2 nitrogen and oxygen atoms in total. The second kappa shape index (κ2) is 6.04. The van der Waals surface area contributed by atoms with Gasteiger partial charge in [0.1, 0.15) is 5.75 Å². The van der Waals surface area contributed by atoms with Crippen LogP contribution in [0.2, 0.25) is 0 Å². The van der Waals surface area contributed by atoms with E-state index < -0.39 is 0 Å². The van der Waals surface area contributed by atoms with Crippen molar-refractivity contribution < 1.29 is 4.74 Å². The number of hydrogen-bond acceptors (Lipinski definition) is 3. The van der Waals surface area contributed by atoms with Crippen molar-refractivity contribution in [2.24, 2.45) is 0 Å². The summed E-state index contributed by atoms with van der Waals surface area (Å²) in [7, 11) is 1.72. The highest BCUT2D eigenvalue weighted by atomic mass is 32.1. The minimum atomic E-state index is 0.917. The van der Waals surface area contributed by atoms with Crippen LogP contribution in [-0.4, -0.2) is 19.4 Å². The summed E-state index contributed by atoms with van der Waals surface area (Å²) < 4.78 is 5.35. The zero-order chi connectivity index (χ0) is 12.1. The molecule has 0 spiro atoms. The molecule has 1 aromatic rings. The Kier molecular flexibility index (Phi) is 5.00. The first-order chi connectivity index (χ1) is 7.61. The lowest BCUT2D eigenvalue weighted by Crippen LogP contribution is -2.06. The van der Waals surface area contributed by atoms with E-state index >= 15 is 0 Å². The maximum Gasteiger partial charge on any atom is 0.122 e. The zero-order valence-electron chi connectivity index (χ0n) is 10.6. The Morgan fingerprint density at radius 1 is 1.25 bits per heavy atom. The normalized spacial score (nSPS) is 10.3. The van der Waals surface area contributed by atoms with Crippen molar-refractivity contribution in [3.05, 3.63) is 22.8 Å². The van der Waals surface area contributed by atoms with Crippen LogP contribution < -0.4 is 10.1 Å². The van der Waals surface area contributed by atoms with Gasteiger partial charge in [0.05, 0.1) is 7.11 Å². The molecule has 0 aliphatic rings. The van der Waals surface area contributed by atoms with Crippen LogP contribution in [-0.2, 0) is 0 Å². The number of thiol groups is 1. The van der Waals surface area contributed by atoms with Gasteiger partial charge in [-0.2, -0.15) is 12.6 Å². The van der Waals surface area contributed by atoms with Crippen LogP contribution in [0.5, 0.6) is 5.75 Å². The monoisotopic (exact) mass is 239 g/mol. The smallest absolute Gasteiger partial charge is 0.122 e. The number of rotatable bonds is 5. The fourth-order valence-electron chi connectivity index (χ4n) is 1.82. The SMILES string of the molecule is COc1cc(C)c(NCCCS)c(C)c1C. The number of methoxy groups -OCH3 is 1. The summed E-state index contributed by atoms with van der Waals surface area (Å²) in [6.07, 6.45) is 1.08. The van der Waals surface area contributed by atoms with Gasteiger partial charge in [0.2, 0.25) is 0 Å². The first-order valence-electron chi connectivity index (χ1n) is 5.61. The molecule has 0 saturated carbocycles. The molecule has 0 atom stereocenters. The van der Waals surface area contributed by atoms with E-state index in [0.29, 0.717) is 0 Å². The highest BCUT2D eigenvalue weighted by Crippen LogP contribution is 2.30. The molecule has 0 fully saturated rings. The second-order valence-electron chi connectivity index (χ2n) is 4.02. The number of nitrogens with one attached hydrogen (secondary N) is 1. The van der Waals surface area contributed by atoms with Crippen LogP contribution in [0.1, 0.15) is 23.1 Å². The molecule has 90 valence electrons. The molecule has 3 heteroatoms. The van der Waals surface area contributed by atoms with E-state index in [1.54, 1.807) is 7.11 Å². The van der Waals surface area contributed by atoms with Crippen LogP contribution in [0.3, 0.4) is 0 Å². The minimum Gasteiger partial charge on any atom is -0.496 e. The van der Waals surface area contributed by atoms with Crippen LogP contribution in [0, 0.1) is 20.8 Å². The predicted molar refractivity (Wildman–Crippen MR) is 74.2 cm³/mol. The Morgan fingerprint density at radius 2 is 1.94 bits per heavy atom. The van der Waals surface area contributed by atoms with Crippen molar-refractivity contribution in [1.82, 2.24) is 0 Å². The van der Waals surface area contributed by atoms with E-state index in [1.807, 2.05) is 0 Å². The minimum absolute atomic E-state index is 0.917. The molecule has 0 heterocycles. The highest BCUT2D eigenvalue weighted by molar-refractivity contribution is 7.80. The highest BCUT2D eigenvalue weighted by Gasteiger charge is 2.09. The Labute approximate surface area is 104 Å². The first kappa shape index (κ1) is 13.2. The Balaban J connectivity index is 2.96. The Hall–Kier alpha value is -0.830. The van der Waals surface area contributed by atoms with E-state index in [0.717, 1.165) is 24.5 Å². The molecule has 0 radical (unpaired) electrons. The molecule has 0 bridgehead atoms. The van der Waals surface area contributed by atoms with E-state index in [4.69, 9.17) is 4.74 Å². The molecule has 0 amide bonds. The lowest BCUT2D eigenvalue weighted by molar-refractivity contribution is 0.411. The molecular weight excluding hydrogens is 218 g/mol. The quantitative estimate of drug-likeness (QED) is 0.607. The first-order valence-corrected chi connectivity index (χ1v) is 6.24. The van der Waals surface area contributed by atoms with Crippen molar-refractivity contribution in [2.75, 3.05) is 24.7 Å². The van der Waals surface area contributed by atoms with Gasteiger partial charge < -0.3 is 10.1 Å². The van der Waals surface area contributed by atoms with Gasteiger partial charge >= 0.3 is 0 Å². The summed E-state index contributed by atoms with van der Waals surface area (Å²) in [4.78, 5) is 0. The third kappa shape index (κ3) is 2.85. The average molecular weight is 239 g/mol. The Morgan fingerprint density at radius 3 is 2.50 bits per heavy atom. The van der Waals surface area contributed by atoms with Crippen molar-refractivity contribution in [2.45, 2.75) is 27.2 Å². The van der Waals surface area contributed by atoms with E-state index in [2.05, 4.69) is 44.8 Å². The van der Waals surface area contributed by atoms with Gasteiger partial charge in [0.25, 0.3) is 0 Å². The summed E-state index contributed by atoms with van der Waals surface area (Å²) in [5.41, 5.74) is 4.96. The van der Waals surface area contributed by atoms with E-state index in [1.165, 1.54) is 22.4 Å². The van der Waals surface area contributed by atoms with Gasteiger partial charge in [0, 0.05) is 12.2 Å². The molecule has 1 aromatic carbocycles. The standard InChI is InChI=1S/C13H21NOS/c1-9-8-12(15-4)10(2)11(3)13(9)14-6-5-7-16/h8,14,16H,5-7H2,1-4H3. The fourth-order valence-corrected chi connectivity index (χ4v) is 1.98. The van der Waals surface area contributed by atoms with Crippen molar-refractivity contribution in [3.8, 4) is 5.75 Å². The number of ether oxygens (including phenoxy) is 1. The number of anilines is 1. The van der Waals surface area contributed by atoms with Crippen LogP contribution >= 0.6 is 12.6 Å². The van der Waals surface area contributed by atoms with Gasteiger partial charge in [-0.1, -0.05) is 0 Å². The molecule has 1 rings (SSSR count). The third-order valence-electron chi connectivity index (χ3n) is 2.91. The summed E-state index contributed by atoms with van der Waals surface area (Å²) in [5.74, 6) is 1.88. The Bertz CT molecular complexity index is 363. The summed E-state index contributed by atoms with van der Waals surface area (Å²) in [6.45, 7) is 7.31. The lowest BCUT2D eigenvalue weighted by Gasteiger charge is -2.17. The maximum absolute atomic E-state index is 5.35. The number of hydrogen-bond donors (Lipinski definition) is 2.